The average molecular weight is 505 g/mol. The second-order valence-corrected chi connectivity index (χ2v) is 9.72. The van der Waals surface area contributed by atoms with E-state index in [1.165, 1.54) is 42.5 Å². The number of unbranched alkanes of at least 4 members (excludes halogenated alkanes) is 3. The van der Waals surface area contributed by atoms with Gasteiger partial charge in [0.15, 0.2) is 0 Å². The molecule has 1 aliphatic carbocycles. The monoisotopic (exact) mass is 504 g/mol. The summed E-state index contributed by atoms with van der Waals surface area (Å²) in [6.45, 7) is 11.4. The standard InChI is InChI=1S/C31H40N2O4/c1-7-11-12-13-14-30(33-37-22(6)35)24-16-18-26-25-17-15-23(29(8-2)32-36-21(5)34)19-27(25)31(9-3,10-4)28(26)20-24/h15-20H,7-14H2,1-6H3/b32-29+,33-30+. The van der Waals surface area contributed by atoms with Crippen molar-refractivity contribution in [3.8, 4) is 11.1 Å². The van der Waals surface area contributed by atoms with Crippen LogP contribution in [0.2, 0.25) is 0 Å². The van der Waals surface area contributed by atoms with Gasteiger partial charge in [-0.15, -0.1) is 0 Å². The van der Waals surface area contributed by atoms with Gasteiger partial charge in [-0.1, -0.05) is 81.5 Å². The van der Waals surface area contributed by atoms with Gasteiger partial charge in [0, 0.05) is 19.3 Å². The molecule has 0 bridgehead atoms. The Kier molecular flexibility index (Phi) is 9.79. The van der Waals surface area contributed by atoms with Crippen LogP contribution in [-0.4, -0.2) is 23.4 Å². The van der Waals surface area contributed by atoms with Gasteiger partial charge in [0.2, 0.25) is 0 Å². The second kappa shape index (κ2) is 12.8. The number of carbonyl (C=O) groups excluding carboxylic acids is 2. The summed E-state index contributed by atoms with van der Waals surface area (Å²) in [5.41, 5.74) is 8.36. The molecule has 0 heterocycles. The summed E-state index contributed by atoms with van der Waals surface area (Å²) >= 11 is 0. The van der Waals surface area contributed by atoms with E-state index in [-0.39, 0.29) is 5.41 Å². The Bertz CT molecular complexity index is 1190. The molecule has 1 aliphatic rings. The SMILES string of the molecule is CCCCCC/C(=N\OC(C)=O)c1ccc2c(c1)C(CC)(CC)c1cc(/C(CC)=N/OC(C)=O)ccc1-2. The fraction of sp³-hybridized carbons (Fsp3) is 0.484. The largest absolute Gasteiger partial charge is 0.331 e. The van der Waals surface area contributed by atoms with E-state index in [9.17, 15) is 9.59 Å². The summed E-state index contributed by atoms with van der Waals surface area (Å²) in [4.78, 5) is 32.9. The van der Waals surface area contributed by atoms with Crippen molar-refractivity contribution in [1.29, 1.82) is 0 Å². The van der Waals surface area contributed by atoms with E-state index < -0.39 is 11.9 Å². The van der Waals surface area contributed by atoms with Gasteiger partial charge >= 0.3 is 11.9 Å². The first-order valence-electron chi connectivity index (χ1n) is 13.6. The molecule has 0 amide bonds. The Morgan fingerprint density at radius 2 is 1.24 bits per heavy atom. The van der Waals surface area contributed by atoms with Gasteiger partial charge < -0.3 is 9.68 Å². The maximum absolute atomic E-state index is 11.5. The van der Waals surface area contributed by atoms with Crippen LogP contribution in [0.25, 0.3) is 11.1 Å². The Hall–Kier alpha value is -3.28. The lowest BCUT2D eigenvalue weighted by molar-refractivity contribution is -0.141. The van der Waals surface area contributed by atoms with Gasteiger partial charge in [0.1, 0.15) is 0 Å². The molecule has 0 atom stereocenters. The molecule has 2 aromatic rings. The first-order valence-corrected chi connectivity index (χ1v) is 13.6. The summed E-state index contributed by atoms with van der Waals surface area (Å²) in [5, 5.41) is 8.37. The fourth-order valence-electron chi connectivity index (χ4n) is 5.39. The van der Waals surface area contributed by atoms with Crippen molar-refractivity contribution in [2.75, 3.05) is 0 Å². The molecule has 0 radical (unpaired) electrons. The van der Waals surface area contributed by atoms with Crippen molar-refractivity contribution < 1.29 is 19.3 Å². The number of hydrogen-bond acceptors (Lipinski definition) is 6. The Morgan fingerprint density at radius 3 is 1.70 bits per heavy atom. The van der Waals surface area contributed by atoms with Crippen molar-refractivity contribution in [2.45, 2.75) is 98.3 Å². The first-order chi connectivity index (χ1) is 17.8. The zero-order valence-corrected chi connectivity index (χ0v) is 23.1. The van der Waals surface area contributed by atoms with E-state index in [4.69, 9.17) is 9.68 Å². The van der Waals surface area contributed by atoms with Gasteiger partial charge in [0.05, 0.1) is 11.4 Å². The predicted octanol–water partition coefficient (Wildman–Crippen LogP) is 7.69. The fourth-order valence-corrected chi connectivity index (χ4v) is 5.39. The van der Waals surface area contributed by atoms with Crippen LogP contribution in [0.1, 0.15) is 115 Å². The van der Waals surface area contributed by atoms with Crippen LogP contribution in [0.4, 0.5) is 0 Å². The molecule has 198 valence electrons. The lowest BCUT2D eigenvalue weighted by Crippen LogP contribution is -2.24. The third-order valence-electron chi connectivity index (χ3n) is 7.40. The highest BCUT2D eigenvalue weighted by Gasteiger charge is 2.41. The minimum absolute atomic E-state index is 0.161. The lowest BCUT2D eigenvalue weighted by Gasteiger charge is -2.30. The zero-order valence-electron chi connectivity index (χ0n) is 23.1. The van der Waals surface area contributed by atoms with Crippen LogP contribution in [0.5, 0.6) is 0 Å². The molecule has 0 aliphatic heterocycles. The molecule has 37 heavy (non-hydrogen) atoms. The summed E-state index contributed by atoms with van der Waals surface area (Å²) in [7, 11) is 0. The van der Waals surface area contributed by atoms with Crippen molar-refractivity contribution in [3.63, 3.8) is 0 Å². The van der Waals surface area contributed by atoms with Crippen LogP contribution in [0, 0.1) is 0 Å². The third-order valence-corrected chi connectivity index (χ3v) is 7.40. The van der Waals surface area contributed by atoms with Crippen LogP contribution < -0.4 is 0 Å². The number of carbonyl (C=O) groups is 2. The smallest absolute Gasteiger partial charge is 0.318 e. The van der Waals surface area contributed by atoms with E-state index in [2.05, 4.69) is 67.5 Å². The van der Waals surface area contributed by atoms with Gasteiger partial charge in [-0.05, 0) is 77.6 Å². The Balaban J connectivity index is 2.08. The molecule has 6 nitrogen and oxygen atoms in total. The highest BCUT2D eigenvalue weighted by atomic mass is 16.7. The molecule has 2 aromatic carbocycles. The van der Waals surface area contributed by atoms with Gasteiger partial charge in [-0.25, -0.2) is 9.59 Å². The number of benzene rings is 2. The normalized spacial score (nSPS) is 14.2. The molecule has 0 saturated heterocycles. The first kappa shape index (κ1) is 28.3. The highest BCUT2D eigenvalue weighted by molar-refractivity contribution is 6.03. The van der Waals surface area contributed by atoms with E-state index in [0.29, 0.717) is 6.42 Å². The molecule has 3 rings (SSSR count). The summed E-state index contributed by atoms with van der Waals surface area (Å²) in [6, 6.07) is 13.0. The maximum Gasteiger partial charge on any atom is 0.331 e. The lowest BCUT2D eigenvalue weighted by atomic mass is 9.73. The van der Waals surface area contributed by atoms with Crippen molar-refractivity contribution in [2.24, 2.45) is 10.3 Å². The molecular formula is C31H40N2O4. The number of oxime groups is 2. The molecule has 0 N–H and O–H groups in total. The number of nitrogens with zero attached hydrogens (tertiary/aromatic N) is 2. The average Bonchev–Trinajstić information content (AvgIpc) is 3.17. The molecule has 0 fully saturated rings. The van der Waals surface area contributed by atoms with Crippen LogP contribution in [0.3, 0.4) is 0 Å². The zero-order chi connectivity index (χ0) is 27.0. The summed E-state index contributed by atoms with van der Waals surface area (Å²) < 4.78 is 0. The second-order valence-electron chi connectivity index (χ2n) is 9.72. The number of hydrogen-bond donors (Lipinski definition) is 0. The summed E-state index contributed by atoms with van der Waals surface area (Å²) in [6.07, 6.45) is 7.76. The van der Waals surface area contributed by atoms with Crippen molar-refractivity contribution in [1.82, 2.24) is 0 Å². The number of fused-ring (bicyclic) bond motifs is 3. The molecule has 0 aromatic heterocycles. The van der Waals surface area contributed by atoms with Crippen LogP contribution >= 0.6 is 0 Å². The van der Waals surface area contributed by atoms with E-state index >= 15 is 0 Å². The Labute approximate surface area is 221 Å². The number of rotatable bonds is 12. The molecule has 0 saturated carbocycles. The molecular weight excluding hydrogens is 464 g/mol. The molecule has 0 spiro atoms. The molecule has 6 heteroatoms. The van der Waals surface area contributed by atoms with Crippen LogP contribution in [0.15, 0.2) is 46.7 Å². The van der Waals surface area contributed by atoms with E-state index in [1.807, 2.05) is 6.92 Å². The third kappa shape index (κ3) is 6.17. The van der Waals surface area contributed by atoms with Gasteiger partial charge in [-0.2, -0.15) is 0 Å². The van der Waals surface area contributed by atoms with Gasteiger partial charge in [-0.3, -0.25) is 0 Å². The minimum atomic E-state index is -0.426. The quantitative estimate of drug-likeness (QED) is 0.128. The van der Waals surface area contributed by atoms with E-state index in [1.54, 1.807) is 0 Å². The van der Waals surface area contributed by atoms with Crippen molar-refractivity contribution >= 4 is 23.4 Å². The Morgan fingerprint density at radius 1 is 0.730 bits per heavy atom. The maximum atomic E-state index is 11.5. The predicted molar refractivity (Wildman–Crippen MR) is 149 cm³/mol. The van der Waals surface area contributed by atoms with Crippen molar-refractivity contribution in [3.05, 3.63) is 58.7 Å². The summed E-state index contributed by atoms with van der Waals surface area (Å²) in [5.74, 6) is -0.838. The highest BCUT2D eigenvalue weighted by Crippen LogP contribution is 2.53. The van der Waals surface area contributed by atoms with Crippen LogP contribution in [-0.2, 0) is 24.7 Å². The topological polar surface area (TPSA) is 77.3 Å². The van der Waals surface area contributed by atoms with Gasteiger partial charge in [0.25, 0.3) is 0 Å². The minimum Gasteiger partial charge on any atom is -0.318 e. The molecule has 0 unspecified atom stereocenters. The van der Waals surface area contributed by atoms with E-state index in [0.717, 1.165) is 61.1 Å².